The lowest BCUT2D eigenvalue weighted by Crippen LogP contribution is -2.46. The van der Waals surface area contributed by atoms with Gasteiger partial charge in [-0.2, -0.15) is 0 Å². The molecule has 1 aliphatic heterocycles. The van der Waals surface area contributed by atoms with E-state index in [1.165, 1.54) is 0 Å². The van der Waals surface area contributed by atoms with Gasteiger partial charge in [0.15, 0.2) is 0 Å². The fourth-order valence-corrected chi connectivity index (χ4v) is 2.33. The van der Waals surface area contributed by atoms with Gasteiger partial charge in [0.1, 0.15) is 0 Å². The quantitative estimate of drug-likeness (QED) is 0.713. The Morgan fingerprint density at radius 3 is 2.50 bits per heavy atom. The van der Waals surface area contributed by atoms with Crippen molar-refractivity contribution in [2.45, 2.75) is 39.2 Å². The van der Waals surface area contributed by atoms with Crippen LogP contribution in [-0.2, 0) is 9.53 Å². The first kappa shape index (κ1) is 13.5. The normalized spacial score (nSPS) is 20.7. The van der Waals surface area contributed by atoms with Crippen LogP contribution in [0.15, 0.2) is 0 Å². The molecule has 1 rings (SSSR count). The van der Waals surface area contributed by atoms with Crippen LogP contribution in [0.5, 0.6) is 0 Å². The van der Waals surface area contributed by atoms with E-state index in [2.05, 4.69) is 11.8 Å². The van der Waals surface area contributed by atoms with Crippen LogP contribution >= 0.6 is 0 Å². The van der Waals surface area contributed by atoms with E-state index >= 15 is 0 Å². The zero-order chi connectivity index (χ0) is 12.0. The minimum Gasteiger partial charge on any atom is -0.466 e. The van der Waals surface area contributed by atoms with E-state index in [0.717, 1.165) is 32.4 Å². The van der Waals surface area contributed by atoms with E-state index in [4.69, 9.17) is 10.5 Å². The van der Waals surface area contributed by atoms with Crippen molar-refractivity contribution in [3.05, 3.63) is 0 Å². The number of nitrogens with two attached hydrogens (primary N) is 1. The van der Waals surface area contributed by atoms with Gasteiger partial charge in [-0.15, -0.1) is 0 Å². The Balaban J connectivity index is 2.35. The van der Waals surface area contributed by atoms with Crippen molar-refractivity contribution < 1.29 is 9.53 Å². The molecular formula is C12H24N2O2. The van der Waals surface area contributed by atoms with Crippen LogP contribution in [-0.4, -0.2) is 43.2 Å². The summed E-state index contributed by atoms with van der Waals surface area (Å²) in [5, 5.41) is 0. The van der Waals surface area contributed by atoms with Crippen LogP contribution in [0, 0.1) is 5.92 Å². The van der Waals surface area contributed by atoms with Gasteiger partial charge in [0.25, 0.3) is 0 Å². The largest absolute Gasteiger partial charge is 0.466 e. The Kier molecular flexibility index (Phi) is 5.77. The average molecular weight is 228 g/mol. The fraction of sp³-hybridized carbons (Fsp3) is 0.917. The third kappa shape index (κ3) is 3.46. The van der Waals surface area contributed by atoms with Crippen molar-refractivity contribution in [3.8, 4) is 0 Å². The molecule has 1 fully saturated rings. The van der Waals surface area contributed by atoms with E-state index in [1.54, 1.807) is 0 Å². The minimum absolute atomic E-state index is 0.0250. The summed E-state index contributed by atoms with van der Waals surface area (Å²) in [6.45, 7) is 7.15. The number of esters is 1. The lowest BCUT2D eigenvalue weighted by atomic mass is 9.95. The fourth-order valence-electron chi connectivity index (χ4n) is 2.33. The lowest BCUT2D eigenvalue weighted by molar-refractivity contribution is -0.149. The summed E-state index contributed by atoms with van der Waals surface area (Å²) >= 11 is 0. The Bertz CT molecular complexity index is 209. The second-order valence-electron chi connectivity index (χ2n) is 4.36. The Morgan fingerprint density at radius 1 is 1.44 bits per heavy atom. The number of ether oxygens (including phenoxy) is 1. The van der Waals surface area contributed by atoms with Crippen molar-refractivity contribution in [2.75, 3.05) is 26.2 Å². The first-order valence-corrected chi connectivity index (χ1v) is 6.33. The summed E-state index contributed by atoms with van der Waals surface area (Å²) in [6, 6.07) is 0.475. The molecule has 1 atom stereocenters. The standard InChI is InChI=1S/C12H24N2O2/c1-3-11(9-13)14-7-5-10(6-8-14)12(15)16-4-2/h10-11H,3-9,13H2,1-2H3. The topological polar surface area (TPSA) is 55.6 Å². The van der Waals surface area contributed by atoms with Gasteiger partial charge in [-0.1, -0.05) is 6.92 Å². The molecule has 4 nitrogen and oxygen atoms in total. The van der Waals surface area contributed by atoms with Gasteiger partial charge in [-0.05, 0) is 39.3 Å². The molecular weight excluding hydrogens is 204 g/mol. The summed E-state index contributed by atoms with van der Waals surface area (Å²) in [4.78, 5) is 13.9. The number of hydrogen-bond donors (Lipinski definition) is 1. The highest BCUT2D eigenvalue weighted by Gasteiger charge is 2.28. The van der Waals surface area contributed by atoms with Gasteiger partial charge in [-0.25, -0.2) is 0 Å². The molecule has 2 N–H and O–H groups in total. The Hall–Kier alpha value is -0.610. The van der Waals surface area contributed by atoms with E-state index in [9.17, 15) is 4.79 Å². The average Bonchev–Trinajstić information content (AvgIpc) is 2.32. The molecule has 4 heteroatoms. The van der Waals surface area contributed by atoms with Crippen molar-refractivity contribution in [1.82, 2.24) is 4.90 Å². The number of carbonyl (C=O) groups is 1. The van der Waals surface area contributed by atoms with Gasteiger partial charge in [0, 0.05) is 12.6 Å². The maximum absolute atomic E-state index is 11.5. The van der Waals surface area contributed by atoms with E-state index in [1.807, 2.05) is 6.92 Å². The molecule has 1 saturated heterocycles. The molecule has 0 radical (unpaired) electrons. The van der Waals surface area contributed by atoms with Gasteiger partial charge in [-0.3, -0.25) is 9.69 Å². The summed E-state index contributed by atoms with van der Waals surface area (Å²) in [5.74, 6) is 0.0782. The summed E-state index contributed by atoms with van der Waals surface area (Å²) < 4.78 is 5.05. The lowest BCUT2D eigenvalue weighted by Gasteiger charge is -2.35. The van der Waals surface area contributed by atoms with E-state index in [0.29, 0.717) is 19.2 Å². The molecule has 1 aliphatic rings. The molecule has 0 aliphatic carbocycles. The summed E-state index contributed by atoms with van der Waals surface area (Å²) in [6.07, 6.45) is 2.91. The van der Waals surface area contributed by atoms with Crippen LogP contribution in [0.1, 0.15) is 33.1 Å². The highest BCUT2D eigenvalue weighted by Crippen LogP contribution is 2.20. The van der Waals surface area contributed by atoms with Crippen LogP contribution in [0.4, 0.5) is 0 Å². The third-order valence-electron chi connectivity index (χ3n) is 3.41. The van der Waals surface area contributed by atoms with Gasteiger partial charge in [0.05, 0.1) is 12.5 Å². The van der Waals surface area contributed by atoms with Crippen molar-refractivity contribution in [1.29, 1.82) is 0 Å². The number of rotatable bonds is 5. The Morgan fingerprint density at radius 2 is 2.06 bits per heavy atom. The maximum Gasteiger partial charge on any atom is 0.309 e. The van der Waals surface area contributed by atoms with Gasteiger partial charge >= 0.3 is 5.97 Å². The van der Waals surface area contributed by atoms with Crippen molar-refractivity contribution >= 4 is 5.97 Å². The second kappa shape index (κ2) is 6.86. The zero-order valence-corrected chi connectivity index (χ0v) is 10.4. The molecule has 16 heavy (non-hydrogen) atoms. The molecule has 0 aromatic rings. The predicted octanol–water partition coefficient (Wildman–Crippen LogP) is 0.999. The first-order chi connectivity index (χ1) is 7.72. The molecule has 1 unspecified atom stereocenters. The van der Waals surface area contributed by atoms with Gasteiger partial charge < -0.3 is 10.5 Å². The molecule has 0 spiro atoms. The second-order valence-corrected chi connectivity index (χ2v) is 4.36. The number of nitrogens with zero attached hydrogens (tertiary/aromatic N) is 1. The van der Waals surface area contributed by atoms with E-state index in [-0.39, 0.29) is 11.9 Å². The monoisotopic (exact) mass is 228 g/mol. The molecule has 0 saturated carbocycles. The zero-order valence-electron chi connectivity index (χ0n) is 10.4. The number of carbonyl (C=O) groups excluding carboxylic acids is 1. The summed E-state index contributed by atoms with van der Waals surface area (Å²) in [5.41, 5.74) is 5.72. The molecule has 0 aromatic carbocycles. The smallest absolute Gasteiger partial charge is 0.309 e. The van der Waals surface area contributed by atoms with Crippen molar-refractivity contribution in [2.24, 2.45) is 11.7 Å². The van der Waals surface area contributed by atoms with Crippen LogP contribution in [0.2, 0.25) is 0 Å². The maximum atomic E-state index is 11.5. The highest BCUT2D eigenvalue weighted by molar-refractivity contribution is 5.72. The Labute approximate surface area is 98.1 Å². The van der Waals surface area contributed by atoms with Crippen molar-refractivity contribution in [3.63, 3.8) is 0 Å². The van der Waals surface area contributed by atoms with E-state index < -0.39 is 0 Å². The first-order valence-electron chi connectivity index (χ1n) is 6.33. The number of hydrogen-bond acceptors (Lipinski definition) is 4. The number of likely N-dealkylation sites (tertiary alicyclic amines) is 1. The third-order valence-corrected chi connectivity index (χ3v) is 3.41. The van der Waals surface area contributed by atoms with Crippen LogP contribution < -0.4 is 5.73 Å². The number of piperidine rings is 1. The molecule has 0 bridgehead atoms. The highest BCUT2D eigenvalue weighted by atomic mass is 16.5. The molecule has 0 aromatic heterocycles. The predicted molar refractivity (Wildman–Crippen MR) is 64.1 cm³/mol. The molecule has 1 heterocycles. The molecule has 0 amide bonds. The van der Waals surface area contributed by atoms with Gasteiger partial charge in [0.2, 0.25) is 0 Å². The van der Waals surface area contributed by atoms with Crippen LogP contribution in [0.3, 0.4) is 0 Å². The SMILES string of the molecule is CCOC(=O)C1CCN(C(CC)CN)CC1. The minimum atomic E-state index is -0.0250. The van der Waals surface area contributed by atoms with Crippen LogP contribution in [0.25, 0.3) is 0 Å². The summed E-state index contributed by atoms with van der Waals surface area (Å²) in [7, 11) is 0. The molecule has 94 valence electrons.